The fraction of sp³-hybridized carbons (Fsp3) is 0.400. The van der Waals surface area contributed by atoms with Crippen LogP contribution in [0, 0.1) is 6.92 Å². The van der Waals surface area contributed by atoms with E-state index in [0.717, 1.165) is 18.5 Å². The van der Waals surface area contributed by atoms with Crippen molar-refractivity contribution in [3.8, 4) is 0 Å². The van der Waals surface area contributed by atoms with Gasteiger partial charge in [0.1, 0.15) is 0 Å². The number of aromatic nitrogens is 4. The fourth-order valence-corrected chi connectivity index (χ4v) is 1.38. The van der Waals surface area contributed by atoms with Crippen LogP contribution in [0.4, 0.5) is 0 Å². The molecule has 0 aromatic carbocycles. The number of aryl methyl sites for hydroxylation is 2. The second kappa shape index (κ2) is 5.24. The normalized spacial score (nSPS) is 10.4. The molecule has 0 saturated carbocycles. The minimum Gasteiger partial charge on any atom is -0.349 e. The average molecular weight is 235 g/mol. The molecular formula is C10H13N5O2. The lowest BCUT2D eigenvalue weighted by Crippen LogP contribution is -2.25. The molecule has 0 fully saturated rings. The summed E-state index contributed by atoms with van der Waals surface area (Å²) < 4.78 is 4.72. The zero-order valence-electron chi connectivity index (χ0n) is 9.43. The Balaban J connectivity index is 1.70. The third-order valence-electron chi connectivity index (χ3n) is 2.20. The van der Waals surface area contributed by atoms with Gasteiger partial charge in [0.25, 0.3) is 11.7 Å². The van der Waals surface area contributed by atoms with E-state index in [1.807, 2.05) is 6.07 Å². The Kier molecular flexibility index (Phi) is 3.49. The molecular weight excluding hydrogens is 222 g/mol. The van der Waals surface area contributed by atoms with Crippen LogP contribution in [-0.2, 0) is 6.42 Å². The number of hydrogen-bond acceptors (Lipinski definition) is 5. The van der Waals surface area contributed by atoms with Gasteiger partial charge >= 0.3 is 0 Å². The van der Waals surface area contributed by atoms with Crippen molar-refractivity contribution >= 4 is 5.91 Å². The van der Waals surface area contributed by atoms with Gasteiger partial charge in [-0.1, -0.05) is 5.16 Å². The molecule has 0 bridgehead atoms. The Bertz CT molecular complexity index is 477. The maximum atomic E-state index is 11.5. The van der Waals surface area contributed by atoms with Crippen LogP contribution in [0.2, 0.25) is 0 Å². The lowest BCUT2D eigenvalue weighted by molar-refractivity contribution is 0.0940. The van der Waals surface area contributed by atoms with Gasteiger partial charge in [0.2, 0.25) is 5.89 Å². The summed E-state index contributed by atoms with van der Waals surface area (Å²) in [4.78, 5) is 15.3. The van der Waals surface area contributed by atoms with Gasteiger partial charge in [-0.25, -0.2) is 0 Å². The number of nitrogens with one attached hydrogen (secondary N) is 2. The third-order valence-corrected chi connectivity index (χ3v) is 2.20. The van der Waals surface area contributed by atoms with Crippen LogP contribution in [0.15, 0.2) is 16.8 Å². The lowest BCUT2D eigenvalue weighted by Gasteiger charge is -2.00. The van der Waals surface area contributed by atoms with Crippen LogP contribution in [0.3, 0.4) is 0 Å². The highest BCUT2D eigenvalue weighted by atomic mass is 16.5. The predicted molar refractivity (Wildman–Crippen MR) is 58.3 cm³/mol. The summed E-state index contributed by atoms with van der Waals surface area (Å²) in [6.45, 7) is 2.20. The highest BCUT2D eigenvalue weighted by Gasteiger charge is 2.11. The molecule has 7 heteroatoms. The SMILES string of the molecule is Cc1nc(C(=O)NCCCc2ccn[nH]2)no1. The Labute approximate surface area is 97.6 Å². The van der Waals surface area contributed by atoms with Crippen molar-refractivity contribution in [2.24, 2.45) is 0 Å². The molecule has 17 heavy (non-hydrogen) atoms. The number of aromatic amines is 1. The Morgan fingerprint density at radius 1 is 1.59 bits per heavy atom. The van der Waals surface area contributed by atoms with Gasteiger partial charge in [0.05, 0.1) is 0 Å². The minimum absolute atomic E-state index is 0.0732. The van der Waals surface area contributed by atoms with E-state index in [1.54, 1.807) is 13.1 Å². The predicted octanol–water partition coefficient (Wildman–Crippen LogP) is 0.464. The largest absolute Gasteiger partial charge is 0.349 e. The average Bonchev–Trinajstić information content (AvgIpc) is 2.95. The van der Waals surface area contributed by atoms with E-state index in [0.29, 0.717) is 12.4 Å². The molecule has 0 aliphatic carbocycles. The number of hydrogen-bond donors (Lipinski definition) is 2. The molecule has 2 aromatic heterocycles. The molecule has 0 saturated heterocycles. The van der Waals surface area contributed by atoms with Crippen molar-refractivity contribution in [3.05, 3.63) is 29.7 Å². The minimum atomic E-state index is -0.313. The molecule has 2 N–H and O–H groups in total. The van der Waals surface area contributed by atoms with Crippen molar-refractivity contribution in [3.63, 3.8) is 0 Å². The lowest BCUT2D eigenvalue weighted by atomic mass is 10.2. The first-order chi connectivity index (χ1) is 8.25. The van der Waals surface area contributed by atoms with Crippen molar-refractivity contribution in [2.45, 2.75) is 19.8 Å². The number of carbonyl (C=O) groups excluding carboxylic acids is 1. The van der Waals surface area contributed by atoms with Gasteiger partial charge in [-0.2, -0.15) is 10.1 Å². The Hall–Kier alpha value is -2.18. The van der Waals surface area contributed by atoms with Gasteiger partial charge in [-0.3, -0.25) is 9.89 Å². The van der Waals surface area contributed by atoms with E-state index < -0.39 is 0 Å². The number of H-pyrrole nitrogens is 1. The maximum Gasteiger partial charge on any atom is 0.292 e. The molecule has 2 aromatic rings. The summed E-state index contributed by atoms with van der Waals surface area (Å²) in [6.07, 6.45) is 3.37. The maximum absolute atomic E-state index is 11.5. The summed E-state index contributed by atoms with van der Waals surface area (Å²) in [5, 5.41) is 12.9. The molecule has 0 atom stereocenters. The zero-order chi connectivity index (χ0) is 12.1. The van der Waals surface area contributed by atoms with Gasteiger partial charge in [0.15, 0.2) is 0 Å². The van der Waals surface area contributed by atoms with Crippen molar-refractivity contribution in [1.82, 2.24) is 25.7 Å². The van der Waals surface area contributed by atoms with Crippen LogP contribution in [0.5, 0.6) is 0 Å². The van der Waals surface area contributed by atoms with Gasteiger partial charge in [-0.15, -0.1) is 0 Å². The molecule has 2 heterocycles. The van der Waals surface area contributed by atoms with Crippen LogP contribution < -0.4 is 5.32 Å². The number of nitrogens with zero attached hydrogens (tertiary/aromatic N) is 3. The number of rotatable bonds is 5. The van der Waals surface area contributed by atoms with Crippen LogP contribution in [0.25, 0.3) is 0 Å². The van der Waals surface area contributed by atoms with Crippen molar-refractivity contribution in [1.29, 1.82) is 0 Å². The van der Waals surface area contributed by atoms with Crippen LogP contribution in [0.1, 0.15) is 28.6 Å². The third kappa shape index (κ3) is 3.13. The molecule has 7 nitrogen and oxygen atoms in total. The summed E-state index contributed by atoms with van der Waals surface area (Å²) >= 11 is 0. The van der Waals surface area contributed by atoms with Gasteiger partial charge in [0, 0.05) is 25.4 Å². The van der Waals surface area contributed by atoms with E-state index in [-0.39, 0.29) is 11.7 Å². The molecule has 0 aliphatic heterocycles. The highest BCUT2D eigenvalue weighted by molar-refractivity contribution is 5.90. The van der Waals surface area contributed by atoms with Crippen molar-refractivity contribution < 1.29 is 9.32 Å². The standard InChI is InChI=1S/C10H13N5O2/c1-7-13-9(15-17-7)10(16)11-5-2-3-8-4-6-12-14-8/h4,6H,2-3,5H2,1H3,(H,11,16)(H,12,14). The summed E-state index contributed by atoms with van der Waals surface area (Å²) in [5.41, 5.74) is 1.05. The van der Waals surface area contributed by atoms with E-state index in [9.17, 15) is 4.79 Å². The van der Waals surface area contributed by atoms with E-state index in [4.69, 9.17) is 4.52 Å². The molecule has 0 unspecified atom stereocenters. The molecule has 1 amide bonds. The van der Waals surface area contributed by atoms with E-state index >= 15 is 0 Å². The summed E-state index contributed by atoms with van der Waals surface area (Å²) in [7, 11) is 0. The van der Waals surface area contributed by atoms with Gasteiger partial charge < -0.3 is 9.84 Å². The first-order valence-electron chi connectivity index (χ1n) is 5.32. The highest BCUT2D eigenvalue weighted by Crippen LogP contribution is 1.97. The van der Waals surface area contributed by atoms with Crippen molar-refractivity contribution in [2.75, 3.05) is 6.54 Å². The monoisotopic (exact) mass is 235 g/mol. The number of amides is 1. The first kappa shape index (κ1) is 11.3. The zero-order valence-corrected chi connectivity index (χ0v) is 9.43. The Morgan fingerprint density at radius 2 is 2.47 bits per heavy atom. The van der Waals surface area contributed by atoms with Crippen LogP contribution >= 0.6 is 0 Å². The molecule has 0 aliphatic rings. The van der Waals surface area contributed by atoms with Gasteiger partial charge in [-0.05, 0) is 18.9 Å². The van der Waals surface area contributed by atoms with Crippen LogP contribution in [-0.4, -0.2) is 32.8 Å². The summed E-state index contributed by atoms with van der Waals surface area (Å²) in [5.74, 6) is 0.142. The topological polar surface area (TPSA) is 96.7 Å². The second-order valence-corrected chi connectivity index (χ2v) is 3.58. The van der Waals surface area contributed by atoms with E-state index in [1.165, 1.54) is 0 Å². The number of carbonyl (C=O) groups is 1. The molecule has 0 spiro atoms. The van der Waals surface area contributed by atoms with E-state index in [2.05, 4.69) is 25.7 Å². The second-order valence-electron chi connectivity index (χ2n) is 3.58. The first-order valence-corrected chi connectivity index (χ1v) is 5.32. The Morgan fingerprint density at radius 3 is 3.12 bits per heavy atom. The quantitative estimate of drug-likeness (QED) is 0.734. The fourth-order valence-electron chi connectivity index (χ4n) is 1.38. The molecule has 0 radical (unpaired) electrons. The summed E-state index contributed by atoms with van der Waals surface area (Å²) in [6, 6.07) is 1.91. The molecule has 90 valence electrons. The molecule has 2 rings (SSSR count). The smallest absolute Gasteiger partial charge is 0.292 e.